The molecular formula is C63H39N7. The summed E-state index contributed by atoms with van der Waals surface area (Å²) in [6, 6.07) is 34.4. The maximum atomic E-state index is 9.57. The predicted octanol–water partition coefficient (Wildman–Crippen LogP) is 15.6. The fraction of sp³-hybridized carbons (Fsp3) is 0. The van der Waals surface area contributed by atoms with Gasteiger partial charge in [0, 0.05) is 48.8 Å². The van der Waals surface area contributed by atoms with E-state index in [4.69, 9.17) is 25.9 Å². The highest BCUT2D eigenvalue weighted by Crippen LogP contribution is 2.45. The summed E-state index contributed by atoms with van der Waals surface area (Å²) in [6.07, 6.45) is 0. The molecule has 5 heterocycles. The molecule has 0 atom stereocenters. The average Bonchev–Trinajstić information content (AvgIpc) is 1.56. The van der Waals surface area contributed by atoms with E-state index in [9.17, 15) is 11.0 Å². The van der Waals surface area contributed by atoms with E-state index in [2.05, 4.69) is 9.13 Å². The molecule has 0 aliphatic heterocycles. The summed E-state index contributed by atoms with van der Waals surface area (Å²) in [7, 11) is 0. The Hall–Kier alpha value is -9.59. The quantitative estimate of drug-likeness (QED) is 0.167. The van der Waals surface area contributed by atoms with Crippen LogP contribution in [0.3, 0.4) is 0 Å². The number of rotatable bonds is 6. The normalized spacial score (nSPS) is 15.2. The molecule has 10 aromatic carbocycles. The zero-order valence-corrected chi connectivity index (χ0v) is 36.4. The second kappa shape index (κ2) is 15.0. The topological polar surface area (TPSA) is 58.4 Å². The molecular weight excluding hydrogens is 855 g/mol. The summed E-state index contributed by atoms with van der Waals surface area (Å²) in [5.74, 6) is -1.19. The second-order valence-corrected chi connectivity index (χ2v) is 16.8. The van der Waals surface area contributed by atoms with Gasteiger partial charge in [-0.1, -0.05) is 170 Å². The van der Waals surface area contributed by atoms with Crippen molar-refractivity contribution in [1.82, 2.24) is 33.2 Å². The van der Waals surface area contributed by atoms with Crippen LogP contribution in [0.15, 0.2) is 236 Å². The Labute approximate surface area is 423 Å². The highest BCUT2D eigenvalue weighted by Gasteiger charge is 2.27. The van der Waals surface area contributed by atoms with Crippen LogP contribution < -0.4 is 0 Å². The van der Waals surface area contributed by atoms with Crippen LogP contribution in [0.1, 0.15) is 21.9 Å². The lowest BCUT2D eigenvalue weighted by atomic mass is 9.93. The fourth-order valence-electron chi connectivity index (χ4n) is 10.4. The molecule has 0 amide bonds. The van der Waals surface area contributed by atoms with Crippen molar-refractivity contribution in [2.45, 2.75) is 0 Å². The molecule has 0 saturated heterocycles. The van der Waals surface area contributed by atoms with Crippen LogP contribution >= 0.6 is 0 Å². The van der Waals surface area contributed by atoms with Crippen LogP contribution in [0.4, 0.5) is 0 Å². The molecule has 0 aliphatic rings. The van der Waals surface area contributed by atoms with Gasteiger partial charge in [-0.15, -0.1) is 0 Å². The lowest BCUT2D eigenvalue weighted by Gasteiger charge is -2.19. The molecule has 15 rings (SSSR count). The van der Waals surface area contributed by atoms with Crippen LogP contribution in [0, 0.1) is 0 Å². The van der Waals surface area contributed by atoms with E-state index < -0.39 is 109 Å². The van der Waals surface area contributed by atoms with Gasteiger partial charge in [-0.2, -0.15) is 15.0 Å². The standard InChI is InChI=1S/C63H39N7/c1-2-20-40(21-3-1)67-56-37-17-10-28-49(56)59-47(29-18-38-57(59)67)48-30-19-39-58(68-50-31-11-4-22-41(50)42-23-5-12-32-51(42)68)60(48)61-64-62(69-52-33-13-6-24-43(52)44-25-7-14-34-53(44)69)66-63(65-61)70-54-35-15-8-26-45(54)46-27-9-16-36-55(46)70/h1-39H/i6D,7D,8D,9D,13D,14D,15D,16D,24D,25D,26D,27D,33D,34D,35D,36D. The van der Waals surface area contributed by atoms with Gasteiger partial charge in [-0.05, 0) is 77.8 Å². The van der Waals surface area contributed by atoms with Gasteiger partial charge >= 0.3 is 0 Å². The van der Waals surface area contributed by atoms with E-state index in [1.165, 1.54) is 0 Å². The molecule has 0 fully saturated rings. The van der Waals surface area contributed by atoms with Gasteiger partial charge in [0.25, 0.3) is 0 Å². The van der Waals surface area contributed by atoms with E-state index in [1.807, 2.05) is 140 Å². The van der Waals surface area contributed by atoms with Crippen LogP contribution in [0.2, 0.25) is 0 Å². The van der Waals surface area contributed by atoms with Crippen LogP contribution in [0.25, 0.3) is 133 Å². The zero-order valence-electron chi connectivity index (χ0n) is 52.4. The number of hydrogen-bond acceptors (Lipinski definition) is 3. The third-order valence-corrected chi connectivity index (χ3v) is 13.2. The minimum atomic E-state index is -0.715. The monoisotopic (exact) mass is 909 g/mol. The third-order valence-electron chi connectivity index (χ3n) is 13.2. The Bertz CT molecular complexity index is 5190. The van der Waals surface area contributed by atoms with Crippen LogP contribution in [-0.2, 0) is 0 Å². The summed E-state index contributed by atoms with van der Waals surface area (Å²) in [4.78, 5) is 15.7. The van der Waals surface area contributed by atoms with Crippen molar-refractivity contribution in [3.8, 4) is 45.8 Å². The molecule has 0 spiro atoms. The van der Waals surface area contributed by atoms with Crippen molar-refractivity contribution in [2.75, 3.05) is 0 Å². The molecule has 0 unspecified atom stereocenters. The number of aromatic nitrogens is 7. The molecule has 0 saturated carbocycles. The van der Waals surface area contributed by atoms with Crippen molar-refractivity contribution in [2.24, 2.45) is 0 Å². The SMILES string of the molecule is [2H]c1c([2H])c([2H])c2c(c1[2H])c1c([2H])c([2H])c([2H])c([2H])c1n2-c1nc(-c2c(-c3cccc4c3c3ccccc3n4-c3ccccc3)cccc2-n2c3ccccc3c3ccccc32)nc(-n2c3c([2H])c([2H])c([2H])c([2H])c3c3c([2H])c([2H])c([2H])c([2H])c32)n1. The largest absolute Gasteiger partial charge is 0.309 e. The predicted molar refractivity (Wildman–Crippen MR) is 288 cm³/mol. The fourth-order valence-corrected chi connectivity index (χ4v) is 10.4. The van der Waals surface area contributed by atoms with Crippen molar-refractivity contribution in [3.63, 3.8) is 0 Å². The molecule has 0 aliphatic carbocycles. The number of nitrogens with zero attached hydrogens (tertiary/aromatic N) is 7. The maximum Gasteiger partial charge on any atom is 0.240 e. The van der Waals surface area contributed by atoms with Crippen molar-refractivity contribution in [1.29, 1.82) is 0 Å². The first-order valence-corrected chi connectivity index (χ1v) is 22.4. The number of benzene rings is 10. The Kier molecular flexibility index (Phi) is 5.57. The number of para-hydroxylation sites is 8. The minimum absolute atomic E-state index is 0.186. The van der Waals surface area contributed by atoms with Gasteiger partial charge in [0.15, 0.2) is 5.82 Å². The van der Waals surface area contributed by atoms with Gasteiger partial charge in [0.05, 0.1) is 77.3 Å². The Balaban J connectivity index is 1.20. The first-order valence-electron chi connectivity index (χ1n) is 30.4. The van der Waals surface area contributed by atoms with E-state index in [0.29, 0.717) is 22.4 Å². The molecule has 0 N–H and O–H groups in total. The molecule has 5 aromatic heterocycles. The molecule has 326 valence electrons. The van der Waals surface area contributed by atoms with Crippen molar-refractivity contribution in [3.05, 3.63) is 236 Å². The second-order valence-electron chi connectivity index (χ2n) is 16.8. The van der Waals surface area contributed by atoms with Crippen molar-refractivity contribution >= 4 is 87.2 Å². The van der Waals surface area contributed by atoms with E-state index in [0.717, 1.165) is 58.4 Å². The van der Waals surface area contributed by atoms with E-state index in [1.54, 1.807) is 0 Å². The molecule has 0 bridgehead atoms. The van der Waals surface area contributed by atoms with Gasteiger partial charge in [-0.3, -0.25) is 9.13 Å². The zero-order chi connectivity index (χ0) is 59.8. The maximum absolute atomic E-state index is 9.57. The lowest BCUT2D eigenvalue weighted by molar-refractivity contribution is 0.892. The summed E-state index contributed by atoms with van der Waals surface area (Å²) in [5, 5.41) is 2.37. The summed E-state index contributed by atoms with van der Waals surface area (Å²) in [6.45, 7) is 0. The highest BCUT2D eigenvalue weighted by molar-refractivity contribution is 6.18. The average molecular weight is 910 g/mol. The Morgan fingerprint density at radius 3 is 1.27 bits per heavy atom. The third kappa shape index (κ3) is 5.48. The molecule has 7 nitrogen and oxygen atoms in total. The number of hydrogen-bond donors (Lipinski definition) is 0. The smallest absolute Gasteiger partial charge is 0.240 e. The summed E-state index contributed by atoms with van der Waals surface area (Å²) < 4.78 is 154. The first-order chi connectivity index (χ1) is 41.4. The van der Waals surface area contributed by atoms with Crippen LogP contribution in [0.5, 0.6) is 0 Å². The van der Waals surface area contributed by atoms with Gasteiger partial charge < -0.3 is 9.13 Å². The van der Waals surface area contributed by atoms with E-state index in [-0.39, 0.29) is 49.4 Å². The molecule has 15 aromatic rings. The van der Waals surface area contributed by atoms with Gasteiger partial charge in [0.2, 0.25) is 11.9 Å². The van der Waals surface area contributed by atoms with Crippen molar-refractivity contribution < 1.29 is 21.9 Å². The van der Waals surface area contributed by atoms with Gasteiger partial charge in [0.1, 0.15) is 0 Å². The van der Waals surface area contributed by atoms with Gasteiger partial charge in [-0.25, -0.2) is 0 Å². The lowest BCUT2D eigenvalue weighted by Crippen LogP contribution is -2.11. The highest BCUT2D eigenvalue weighted by atomic mass is 15.3. The molecule has 70 heavy (non-hydrogen) atoms. The van der Waals surface area contributed by atoms with E-state index >= 15 is 0 Å². The summed E-state index contributed by atoms with van der Waals surface area (Å²) in [5.41, 5.74) is 4.80. The molecule has 7 heteroatoms. The summed E-state index contributed by atoms with van der Waals surface area (Å²) >= 11 is 0. The number of fused-ring (bicyclic) bond motifs is 12. The Morgan fingerprint density at radius 2 is 0.729 bits per heavy atom. The molecule has 0 radical (unpaired) electrons. The minimum Gasteiger partial charge on any atom is -0.309 e. The van der Waals surface area contributed by atoms with Crippen LogP contribution in [-0.4, -0.2) is 33.2 Å². The first kappa shape index (κ1) is 26.1. The Morgan fingerprint density at radius 1 is 0.300 bits per heavy atom.